The number of rotatable bonds is 4. The first-order chi connectivity index (χ1) is 9.70. The molecule has 4 nitrogen and oxygen atoms in total. The first-order valence-electron chi connectivity index (χ1n) is 6.14. The minimum absolute atomic E-state index is 0.0530. The second-order valence-electron chi connectivity index (χ2n) is 4.86. The molecule has 0 radical (unpaired) electrons. The maximum atomic E-state index is 13.8. The summed E-state index contributed by atoms with van der Waals surface area (Å²) in [5, 5.41) is 0.0222. The van der Waals surface area contributed by atoms with Crippen molar-refractivity contribution in [3.8, 4) is 0 Å². The van der Waals surface area contributed by atoms with Crippen molar-refractivity contribution < 1.29 is 12.8 Å². The van der Waals surface area contributed by atoms with Crippen LogP contribution in [-0.2, 0) is 15.6 Å². The van der Waals surface area contributed by atoms with Crippen LogP contribution in [0.3, 0.4) is 0 Å². The average molecular weight is 351 g/mol. The molecule has 0 spiro atoms. The molecule has 1 aromatic heterocycles. The largest absolute Gasteiger partial charge is 0.329 e. The van der Waals surface area contributed by atoms with Crippen LogP contribution in [0.4, 0.5) is 4.39 Å². The quantitative estimate of drug-likeness (QED) is 0.788. The number of halogens is 3. The van der Waals surface area contributed by atoms with Crippen LogP contribution in [0.25, 0.3) is 0 Å². The molecule has 1 aromatic carbocycles. The van der Waals surface area contributed by atoms with Crippen molar-refractivity contribution in [2.75, 3.05) is 0 Å². The van der Waals surface area contributed by atoms with Crippen molar-refractivity contribution >= 4 is 31.3 Å². The predicted molar refractivity (Wildman–Crippen MR) is 79.9 cm³/mol. The molecule has 0 atom stereocenters. The van der Waals surface area contributed by atoms with Crippen LogP contribution in [0.1, 0.15) is 31.2 Å². The molecule has 2 rings (SSSR count). The highest BCUT2D eigenvalue weighted by Crippen LogP contribution is 2.24. The zero-order valence-electron chi connectivity index (χ0n) is 11.3. The summed E-state index contributed by atoms with van der Waals surface area (Å²) in [6.07, 6.45) is 1.29. The van der Waals surface area contributed by atoms with E-state index in [1.54, 1.807) is 10.6 Å². The smallest absolute Gasteiger partial charge is 0.280 e. The molecule has 0 aliphatic rings. The van der Waals surface area contributed by atoms with Crippen LogP contribution in [0.5, 0.6) is 0 Å². The number of nitrogens with zero attached hydrogens (tertiary/aromatic N) is 2. The molecule has 0 aliphatic carbocycles. The lowest BCUT2D eigenvalue weighted by Gasteiger charge is -2.11. The minimum Gasteiger partial charge on any atom is -0.329 e. The van der Waals surface area contributed by atoms with E-state index in [4.69, 9.17) is 22.3 Å². The molecule has 0 fully saturated rings. The highest BCUT2D eigenvalue weighted by Gasteiger charge is 2.20. The van der Waals surface area contributed by atoms with E-state index in [0.717, 1.165) is 0 Å². The van der Waals surface area contributed by atoms with Crippen molar-refractivity contribution in [1.29, 1.82) is 0 Å². The van der Waals surface area contributed by atoms with Crippen LogP contribution in [0.2, 0.25) is 5.02 Å². The van der Waals surface area contributed by atoms with E-state index >= 15 is 0 Å². The van der Waals surface area contributed by atoms with Gasteiger partial charge in [-0.3, -0.25) is 0 Å². The number of hydrogen-bond acceptors (Lipinski definition) is 3. The van der Waals surface area contributed by atoms with E-state index in [1.807, 2.05) is 13.8 Å². The molecule has 8 heteroatoms. The van der Waals surface area contributed by atoms with Crippen molar-refractivity contribution in [2.45, 2.75) is 31.3 Å². The average Bonchev–Trinajstić information content (AvgIpc) is 2.78. The summed E-state index contributed by atoms with van der Waals surface area (Å²) < 4.78 is 38.2. The van der Waals surface area contributed by atoms with Gasteiger partial charge >= 0.3 is 0 Å². The third kappa shape index (κ3) is 3.56. The number of imidazole rings is 1. The van der Waals surface area contributed by atoms with Crippen LogP contribution < -0.4 is 0 Å². The number of benzene rings is 1. The van der Waals surface area contributed by atoms with E-state index in [-0.39, 0.29) is 28.1 Å². The van der Waals surface area contributed by atoms with Crippen molar-refractivity contribution in [1.82, 2.24) is 9.55 Å². The van der Waals surface area contributed by atoms with Gasteiger partial charge in [-0.25, -0.2) is 17.8 Å². The summed E-state index contributed by atoms with van der Waals surface area (Å²) >= 11 is 5.99. The normalized spacial score (nSPS) is 12.1. The monoisotopic (exact) mass is 350 g/mol. The molecular formula is C13H13Cl2FN2O2S. The van der Waals surface area contributed by atoms with Crippen LogP contribution in [0.15, 0.2) is 29.4 Å². The number of aromatic nitrogens is 2. The topological polar surface area (TPSA) is 52.0 Å². The van der Waals surface area contributed by atoms with Gasteiger partial charge in [0.05, 0.1) is 6.54 Å². The Morgan fingerprint density at radius 1 is 1.38 bits per heavy atom. The Morgan fingerprint density at radius 2 is 2.05 bits per heavy atom. The maximum absolute atomic E-state index is 13.8. The summed E-state index contributed by atoms with van der Waals surface area (Å²) in [5.74, 6) is -0.0163. The Morgan fingerprint density at radius 3 is 2.57 bits per heavy atom. The molecule has 0 N–H and O–H groups in total. The third-order valence-corrected chi connectivity index (χ3v) is 4.47. The van der Waals surface area contributed by atoms with Gasteiger partial charge in [0.1, 0.15) is 11.6 Å². The molecule has 0 aliphatic heterocycles. The van der Waals surface area contributed by atoms with Crippen molar-refractivity contribution in [2.24, 2.45) is 0 Å². The minimum atomic E-state index is -3.94. The van der Waals surface area contributed by atoms with Crippen molar-refractivity contribution in [3.63, 3.8) is 0 Å². The molecule has 0 bridgehead atoms. The summed E-state index contributed by atoms with van der Waals surface area (Å²) in [4.78, 5) is 4.01. The highest BCUT2D eigenvalue weighted by molar-refractivity contribution is 8.13. The zero-order chi connectivity index (χ0) is 15.8. The Balaban J connectivity index is 2.51. The van der Waals surface area contributed by atoms with Crippen LogP contribution >= 0.6 is 22.3 Å². The van der Waals surface area contributed by atoms with Crippen molar-refractivity contribution in [3.05, 3.63) is 46.6 Å². The second-order valence-corrected chi connectivity index (χ2v) is 7.78. The summed E-state index contributed by atoms with van der Waals surface area (Å²) in [6.45, 7) is 3.79. The van der Waals surface area contributed by atoms with E-state index in [2.05, 4.69) is 4.98 Å². The standard InChI is InChI=1S/C13H13Cl2FN2O2S/c1-8(2)13-17-12(21(15,19)20)7-18(13)6-9-10(14)4-3-5-11(9)16/h3-5,7-8H,6H2,1-2H3. The third-order valence-electron chi connectivity index (χ3n) is 2.94. The molecule has 0 saturated heterocycles. The first-order valence-corrected chi connectivity index (χ1v) is 8.83. The molecule has 2 aromatic rings. The SMILES string of the molecule is CC(C)c1nc(S(=O)(=O)Cl)cn1Cc1c(F)cccc1Cl. The lowest BCUT2D eigenvalue weighted by atomic mass is 10.2. The predicted octanol–water partition coefficient (Wildman–Crippen LogP) is 3.77. The second kappa shape index (κ2) is 5.94. The lowest BCUT2D eigenvalue weighted by molar-refractivity contribution is 0.588. The fraction of sp³-hybridized carbons (Fsp3) is 0.308. The van der Waals surface area contributed by atoms with E-state index in [0.29, 0.717) is 5.82 Å². The number of hydrogen-bond donors (Lipinski definition) is 0. The fourth-order valence-electron chi connectivity index (χ4n) is 1.96. The molecular weight excluding hydrogens is 338 g/mol. The molecule has 0 saturated carbocycles. The van der Waals surface area contributed by atoms with E-state index < -0.39 is 14.9 Å². The highest BCUT2D eigenvalue weighted by atomic mass is 35.7. The van der Waals surface area contributed by atoms with E-state index in [9.17, 15) is 12.8 Å². The van der Waals surface area contributed by atoms with Crippen LogP contribution in [-0.4, -0.2) is 18.0 Å². The molecule has 0 unspecified atom stereocenters. The Labute approximate surface area is 131 Å². The van der Waals surface area contributed by atoms with Gasteiger partial charge in [-0.05, 0) is 12.1 Å². The van der Waals surface area contributed by atoms with Gasteiger partial charge in [-0.1, -0.05) is 31.5 Å². The summed E-state index contributed by atoms with van der Waals surface area (Å²) in [5.41, 5.74) is 0.275. The zero-order valence-corrected chi connectivity index (χ0v) is 13.7. The van der Waals surface area contributed by atoms with Gasteiger partial charge < -0.3 is 4.57 Å². The molecule has 1 heterocycles. The van der Waals surface area contributed by atoms with Gasteiger partial charge in [-0.15, -0.1) is 0 Å². The van der Waals surface area contributed by atoms with Gasteiger partial charge in [0.2, 0.25) is 0 Å². The lowest BCUT2D eigenvalue weighted by Crippen LogP contribution is -2.07. The van der Waals surface area contributed by atoms with Gasteiger partial charge in [0.25, 0.3) is 9.05 Å². The molecule has 21 heavy (non-hydrogen) atoms. The van der Waals surface area contributed by atoms with E-state index in [1.165, 1.54) is 18.3 Å². The fourth-order valence-corrected chi connectivity index (χ4v) is 2.87. The first kappa shape index (κ1) is 16.3. The Kier molecular flexibility index (Phi) is 4.60. The Bertz CT molecular complexity index is 752. The summed E-state index contributed by atoms with van der Waals surface area (Å²) in [6, 6.07) is 4.38. The Hall–Kier alpha value is -1.11. The van der Waals surface area contributed by atoms with Gasteiger partial charge in [-0.2, -0.15) is 0 Å². The molecule has 114 valence electrons. The molecule has 0 amide bonds. The van der Waals surface area contributed by atoms with Gasteiger partial charge in [0, 0.05) is 33.4 Å². The van der Waals surface area contributed by atoms with Gasteiger partial charge in [0.15, 0.2) is 5.03 Å². The maximum Gasteiger partial charge on any atom is 0.280 e. The summed E-state index contributed by atoms with van der Waals surface area (Å²) in [7, 11) is 1.37. The van der Waals surface area contributed by atoms with Crippen LogP contribution in [0, 0.1) is 5.82 Å².